The summed E-state index contributed by atoms with van der Waals surface area (Å²) in [6.45, 7) is 0. The van der Waals surface area contributed by atoms with Gasteiger partial charge in [-0.1, -0.05) is 5.16 Å². The van der Waals surface area contributed by atoms with Gasteiger partial charge < -0.3 is 15.6 Å². The van der Waals surface area contributed by atoms with Crippen molar-refractivity contribution in [1.82, 2.24) is 14.8 Å². The van der Waals surface area contributed by atoms with Crippen LogP contribution in [0.5, 0.6) is 0 Å². The van der Waals surface area contributed by atoms with Crippen LogP contribution in [-0.4, -0.2) is 53.2 Å². The molecule has 29 heavy (non-hydrogen) atoms. The van der Waals surface area contributed by atoms with Gasteiger partial charge in [-0.3, -0.25) is 4.79 Å². The summed E-state index contributed by atoms with van der Waals surface area (Å²) < 4.78 is 33.7. The maximum Gasteiger partial charge on any atom is 0.273 e. The molecular formula is C20H30N4O4S. The van der Waals surface area contributed by atoms with Crippen molar-refractivity contribution in [2.75, 3.05) is 0 Å². The summed E-state index contributed by atoms with van der Waals surface area (Å²) in [6.07, 6.45) is 8.17. The molecule has 2 aliphatic carbocycles. The van der Waals surface area contributed by atoms with Crippen molar-refractivity contribution in [2.24, 2.45) is 5.73 Å². The number of aromatic nitrogens is 1. The molecule has 2 bridgehead atoms. The fourth-order valence-corrected chi connectivity index (χ4v) is 7.87. The molecule has 8 nitrogen and oxygen atoms in total. The number of hydrogen-bond acceptors (Lipinski definition) is 6. The van der Waals surface area contributed by atoms with Crippen LogP contribution in [-0.2, 0) is 10.0 Å². The van der Waals surface area contributed by atoms with Crippen LogP contribution in [0.3, 0.4) is 0 Å². The number of carbonyl (C=O) groups is 1. The summed E-state index contributed by atoms with van der Waals surface area (Å²) in [5.41, 5.74) is 6.29. The van der Waals surface area contributed by atoms with Gasteiger partial charge in [-0.05, 0) is 64.2 Å². The third-order valence-corrected chi connectivity index (χ3v) is 9.67. The van der Waals surface area contributed by atoms with E-state index in [-0.39, 0.29) is 35.3 Å². The van der Waals surface area contributed by atoms with E-state index in [1.54, 1.807) is 10.4 Å². The van der Waals surface area contributed by atoms with Crippen LogP contribution in [0.2, 0.25) is 0 Å². The summed E-state index contributed by atoms with van der Waals surface area (Å²) in [7, 11) is -3.31. The van der Waals surface area contributed by atoms with Gasteiger partial charge in [0.05, 0.1) is 5.25 Å². The van der Waals surface area contributed by atoms with Gasteiger partial charge in [-0.2, -0.15) is 4.31 Å². The Bertz CT molecular complexity index is 859. The highest BCUT2D eigenvalue weighted by molar-refractivity contribution is 7.89. The molecule has 1 aromatic heterocycles. The summed E-state index contributed by atoms with van der Waals surface area (Å²) >= 11 is 0. The van der Waals surface area contributed by atoms with Gasteiger partial charge in [0.2, 0.25) is 10.0 Å². The van der Waals surface area contributed by atoms with Crippen LogP contribution in [0.4, 0.5) is 0 Å². The number of fused-ring (bicyclic) bond motifs is 2. The highest BCUT2D eigenvalue weighted by Crippen LogP contribution is 2.41. The molecule has 1 amide bonds. The zero-order valence-corrected chi connectivity index (χ0v) is 17.4. The minimum atomic E-state index is -3.31. The second-order valence-corrected chi connectivity index (χ2v) is 11.4. The number of amides is 1. The van der Waals surface area contributed by atoms with Gasteiger partial charge >= 0.3 is 0 Å². The average Bonchev–Trinajstić information content (AvgIpc) is 3.34. The summed E-state index contributed by atoms with van der Waals surface area (Å²) in [6, 6.07) is 1.83. The lowest BCUT2D eigenvalue weighted by Crippen LogP contribution is -2.55. The van der Waals surface area contributed by atoms with Gasteiger partial charge in [-0.25, -0.2) is 8.42 Å². The van der Waals surface area contributed by atoms with E-state index in [9.17, 15) is 13.2 Å². The first kappa shape index (κ1) is 19.5. The molecule has 3 N–H and O–H groups in total. The van der Waals surface area contributed by atoms with Crippen molar-refractivity contribution in [3.63, 3.8) is 0 Å². The van der Waals surface area contributed by atoms with Gasteiger partial charge in [0.15, 0.2) is 5.69 Å². The predicted molar refractivity (Wildman–Crippen MR) is 107 cm³/mol. The van der Waals surface area contributed by atoms with Crippen LogP contribution in [0.1, 0.15) is 86.4 Å². The topological polar surface area (TPSA) is 119 Å². The van der Waals surface area contributed by atoms with Crippen LogP contribution >= 0.6 is 0 Å². The molecule has 3 atom stereocenters. The second kappa shape index (κ2) is 7.35. The minimum Gasteiger partial charge on any atom is -0.360 e. The van der Waals surface area contributed by atoms with E-state index < -0.39 is 10.0 Å². The predicted octanol–water partition coefficient (Wildman–Crippen LogP) is 1.88. The van der Waals surface area contributed by atoms with Crippen LogP contribution in [0, 0.1) is 0 Å². The molecule has 160 valence electrons. The lowest BCUT2D eigenvalue weighted by molar-refractivity contribution is 0.0899. The highest BCUT2D eigenvalue weighted by atomic mass is 32.2. The number of nitrogens with one attached hydrogen (secondary N) is 1. The molecule has 0 unspecified atom stereocenters. The van der Waals surface area contributed by atoms with E-state index in [1.807, 2.05) is 0 Å². The van der Waals surface area contributed by atoms with Gasteiger partial charge in [0.25, 0.3) is 5.91 Å². The number of hydrogen-bond donors (Lipinski definition) is 2. The van der Waals surface area contributed by atoms with Gasteiger partial charge in [-0.15, -0.1) is 0 Å². The lowest BCUT2D eigenvalue weighted by Gasteiger charge is -2.40. The highest BCUT2D eigenvalue weighted by Gasteiger charge is 2.49. The maximum atomic E-state index is 13.3. The first-order valence-corrected chi connectivity index (χ1v) is 12.5. The number of piperidine rings is 1. The van der Waals surface area contributed by atoms with E-state index >= 15 is 0 Å². The second-order valence-electron chi connectivity index (χ2n) is 9.33. The van der Waals surface area contributed by atoms with Crippen LogP contribution in [0.15, 0.2) is 10.6 Å². The number of nitrogens with two attached hydrogens (primary N) is 1. The zero-order chi connectivity index (χ0) is 20.2. The maximum absolute atomic E-state index is 13.3. The smallest absolute Gasteiger partial charge is 0.273 e. The number of rotatable bonds is 5. The Morgan fingerprint density at radius 2 is 1.72 bits per heavy atom. The Kier molecular flexibility index (Phi) is 4.95. The molecule has 4 aliphatic rings. The molecule has 0 radical (unpaired) electrons. The molecule has 3 heterocycles. The van der Waals surface area contributed by atoms with E-state index in [2.05, 4.69) is 10.5 Å². The Balaban J connectivity index is 1.23. The zero-order valence-electron chi connectivity index (χ0n) is 16.6. The molecular weight excluding hydrogens is 392 g/mol. The van der Waals surface area contributed by atoms with E-state index in [1.165, 1.54) is 0 Å². The van der Waals surface area contributed by atoms with Crippen molar-refractivity contribution in [3.05, 3.63) is 17.5 Å². The molecule has 4 fully saturated rings. The Hall–Kier alpha value is -1.45. The number of nitrogens with zero attached hydrogens (tertiary/aromatic N) is 2. The molecule has 2 saturated carbocycles. The molecule has 0 aromatic carbocycles. The number of sulfonamides is 1. The van der Waals surface area contributed by atoms with Gasteiger partial charge in [0, 0.05) is 36.2 Å². The summed E-state index contributed by atoms with van der Waals surface area (Å²) in [4.78, 5) is 12.6. The molecule has 9 heteroatoms. The van der Waals surface area contributed by atoms with Crippen molar-refractivity contribution in [2.45, 2.75) is 99.5 Å². The van der Waals surface area contributed by atoms with E-state index in [0.29, 0.717) is 37.3 Å². The summed E-state index contributed by atoms with van der Waals surface area (Å²) in [5.74, 6) is 0.994. The van der Waals surface area contributed by atoms with E-state index in [4.69, 9.17) is 10.3 Å². The SMILES string of the molecule is NC1CCC(S(=O)(=O)N2[C@@H]3CC[C@H]2C[C@@H](NC(=O)c2cc(C4CC4)on2)C3)CC1. The van der Waals surface area contributed by atoms with Crippen molar-refractivity contribution in [3.8, 4) is 0 Å². The monoisotopic (exact) mass is 422 g/mol. The number of carbonyl (C=O) groups excluding carboxylic acids is 1. The normalized spacial score (nSPS) is 35.6. The standard InChI is InChI=1S/C20H30N4O4S/c21-13-3-7-17(8-4-13)29(26,27)24-15-5-6-16(24)10-14(9-15)22-20(25)18-11-19(28-23-18)12-1-2-12/h11-17H,1-10,21H2,(H,22,25)/t13?,14-,15+,16-,17?. The Morgan fingerprint density at radius 3 is 2.34 bits per heavy atom. The van der Waals surface area contributed by atoms with Crippen molar-refractivity contribution in [1.29, 1.82) is 0 Å². The lowest BCUT2D eigenvalue weighted by atomic mass is 9.96. The third kappa shape index (κ3) is 3.72. The average molecular weight is 423 g/mol. The molecule has 2 aliphatic heterocycles. The molecule has 2 saturated heterocycles. The fraction of sp³-hybridized carbons (Fsp3) is 0.800. The Morgan fingerprint density at radius 1 is 1.07 bits per heavy atom. The van der Waals surface area contributed by atoms with Crippen LogP contribution < -0.4 is 11.1 Å². The van der Waals surface area contributed by atoms with E-state index in [0.717, 1.165) is 44.3 Å². The van der Waals surface area contributed by atoms with Crippen molar-refractivity contribution >= 4 is 15.9 Å². The minimum absolute atomic E-state index is 0.0148. The molecule has 1 aromatic rings. The molecule has 5 rings (SSSR count). The largest absolute Gasteiger partial charge is 0.360 e. The Labute approximate surface area is 171 Å². The van der Waals surface area contributed by atoms with Crippen LogP contribution in [0.25, 0.3) is 0 Å². The first-order chi connectivity index (χ1) is 13.9. The summed E-state index contributed by atoms with van der Waals surface area (Å²) in [5, 5.41) is 6.68. The quantitative estimate of drug-likeness (QED) is 0.748. The molecule has 0 spiro atoms. The third-order valence-electron chi connectivity index (χ3n) is 7.18. The van der Waals surface area contributed by atoms with Gasteiger partial charge in [0.1, 0.15) is 5.76 Å². The fourth-order valence-electron chi connectivity index (χ4n) is 5.44. The van der Waals surface area contributed by atoms with Crippen molar-refractivity contribution < 1.29 is 17.7 Å². The first-order valence-electron chi connectivity index (χ1n) is 11.0.